The molecule has 1 atom stereocenters. The first kappa shape index (κ1) is 12.4. The second-order valence-corrected chi connectivity index (χ2v) is 4.65. The summed E-state index contributed by atoms with van der Waals surface area (Å²) in [4.78, 5) is 15.3. The summed E-state index contributed by atoms with van der Waals surface area (Å²) >= 11 is 0. The number of rotatable bonds is 5. The summed E-state index contributed by atoms with van der Waals surface area (Å²) in [5, 5.41) is 11.9. The van der Waals surface area contributed by atoms with Gasteiger partial charge in [-0.1, -0.05) is 26.0 Å². The molecule has 0 fully saturated rings. The number of aliphatic carboxylic acids is 1. The largest absolute Gasteiger partial charge is 0.480 e. The molecule has 1 unspecified atom stereocenters. The molecular weight excluding hydrogens is 232 g/mol. The Bertz CT molecular complexity index is 515. The highest BCUT2D eigenvalue weighted by molar-refractivity contribution is 5.78. The molecule has 0 aliphatic rings. The van der Waals surface area contributed by atoms with Crippen molar-refractivity contribution in [2.75, 3.05) is 5.32 Å². The van der Waals surface area contributed by atoms with Crippen molar-refractivity contribution >= 4 is 23.1 Å². The molecule has 1 heterocycles. The van der Waals surface area contributed by atoms with Crippen LogP contribution in [0.25, 0.3) is 11.1 Å². The monoisotopic (exact) mass is 248 g/mol. The number of aromatic nitrogens is 1. The van der Waals surface area contributed by atoms with Crippen molar-refractivity contribution in [2.45, 2.75) is 26.3 Å². The zero-order chi connectivity index (χ0) is 13.1. The van der Waals surface area contributed by atoms with Crippen molar-refractivity contribution in [1.29, 1.82) is 0 Å². The minimum absolute atomic E-state index is 0.254. The molecule has 1 aromatic heterocycles. The number of anilines is 1. The minimum atomic E-state index is -0.897. The SMILES string of the molecule is CC(C)CC(Nc1nc2ccccc2o1)C(=O)O. The van der Waals surface area contributed by atoms with Gasteiger partial charge < -0.3 is 14.8 Å². The summed E-state index contributed by atoms with van der Waals surface area (Å²) in [5.74, 6) is -0.617. The molecule has 2 aromatic rings. The molecule has 0 bridgehead atoms. The van der Waals surface area contributed by atoms with Crippen LogP contribution in [-0.4, -0.2) is 22.1 Å². The highest BCUT2D eigenvalue weighted by atomic mass is 16.4. The molecule has 0 spiro atoms. The van der Waals surface area contributed by atoms with Crippen molar-refractivity contribution in [1.82, 2.24) is 4.98 Å². The fourth-order valence-electron chi connectivity index (χ4n) is 1.78. The van der Waals surface area contributed by atoms with Crippen LogP contribution in [0.15, 0.2) is 28.7 Å². The van der Waals surface area contributed by atoms with Gasteiger partial charge >= 0.3 is 5.97 Å². The predicted molar refractivity (Wildman–Crippen MR) is 68.5 cm³/mol. The van der Waals surface area contributed by atoms with Gasteiger partial charge in [-0.25, -0.2) is 4.79 Å². The van der Waals surface area contributed by atoms with Crippen molar-refractivity contribution in [2.24, 2.45) is 5.92 Å². The Morgan fingerprint density at radius 2 is 2.17 bits per heavy atom. The lowest BCUT2D eigenvalue weighted by atomic mass is 10.0. The number of benzene rings is 1. The third-order valence-corrected chi connectivity index (χ3v) is 2.60. The van der Waals surface area contributed by atoms with Gasteiger partial charge in [-0.2, -0.15) is 4.98 Å². The van der Waals surface area contributed by atoms with Crippen molar-refractivity contribution in [3.05, 3.63) is 24.3 Å². The van der Waals surface area contributed by atoms with E-state index in [0.717, 1.165) is 0 Å². The van der Waals surface area contributed by atoms with Gasteiger partial charge in [0.2, 0.25) is 0 Å². The quantitative estimate of drug-likeness (QED) is 0.850. The number of carboxylic acid groups (broad SMARTS) is 1. The number of nitrogens with zero attached hydrogens (tertiary/aromatic N) is 1. The summed E-state index contributed by atoms with van der Waals surface area (Å²) in [6, 6.07) is 6.90. The Balaban J connectivity index is 2.17. The molecule has 5 heteroatoms. The molecule has 5 nitrogen and oxygen atoms in total. The van der Waals surface area contributed by atoms with Gasteiger partial charge in [0, 0.05) is 0 Å². The first-order valence-corrected chi connectivity index (χ1v) is 5.91. The Hall–Kier alpha value is -2.04. The van der Waals surface area contributed by atoms with E-state index in [-0.39, 0.29) is 11.9 Å². The molecule has 0 amide bonds. The molecule has 0 radical (unpaired) electrons. The van der Waals surface area contributed by atoms with Gasteiger partial charge in [-0.15, -0.1) is 0 Å². The van der Waals surface area contributed by atoms with E-state index in [9.17, 15) is 4.79 Å². The van der Waals surface area contributed by atoms with E-state index < -0.39 is 12.0 Å². The van der Waals surface area contributed by atoms with Crippen molar-refractivity contribution in [3.8, 4) is 0 Å². The second kappa shape index (κ2) is 5.08. The lowest BCUT2D eigenvalue weighted by Crippen LogP contribution is -2.30. The first-order valence-electron chi connectivity index (χ1n) is 5.91. The van der Waals surface area contributed by atoms with Crippen LogP contribution in [0.3, 0.4) is 0 Å². The normalized spacial score (nSPS) is 12.8. The number of hydrogen-bond donors (Lipinski definition) is 2. The molecular formula is C13H16N2O3. The van der Waals surface area contributed by atoms with Crippen LogP contribution in [-0.2, 0) is 4.79 Å². The number of oxazole rings is 1. The maximum absolute atomic E-state index is 11.1. The summed E-state index contributed by atoms with van der Waals surface area (Å²) in [7, 11) is 0. The molecule has 0 saturated heterocycles. The van der Waals surface area contributed by atoms with Crippen LogP contribution in [0.2, 0.25) is 0 Å². The van der Waals surface area contributed by atoms with Gasteiger partial charge in [0.05, 0.1) is 0 Å². The van der Waals surface area contributed by atoms with Gasteiger partial charge in [-0.3, -0.25) is 0 Å². The maximum atomic E-state index is 11.1. The predicted octanol–water partition coefficient (Wildman–Crippen LogP) is 2.74. The average molecular weight is 248 g/mol. The fourth-order valence-corrected chi connectivity index (χ4v) is 1.78. The van der Waals surface area contributed by atoms with E-state index in [0.29, 0.717) is 17.5 Å². The van der Waals surface area contributed by atoms with Crippen LogP contribution in [0.5, 0.6) is 0 Å². The Morgan fingerprint density at radius 3 is 2.78 bits per heavy atom. The number of nitrogens with one attached hydrogen (secondary N) is 1. The molecule has 1 aromatic carbocycles. The smallest absolute Gasteiger partial charge is 0.326 e. The van der Waals surface area contributed by atoms with Crippen molar-refractivity contribution < 1.29 is 14.3 Å². The van der Waals surface area contributed by atoms with Crippen LogP contribution in [0, 0.1) is 5.92 Å². The first-order chi connectivity index (χ1) is 8.56. The van der Waals surface area contributed by atoms with Gasteiger partial charge in [0.1, 0.15) is 11.6 Å². The topological polar surface area (TPSA) is 75.4 Å². The highest BCUT2D eigenvalue weighted by Crippen LogP contribution is 2.20. The number of fused-ring (bicyclic) bond motifs is 1. The Labute approximate surface area is 105 Å². The third kappa shape index (κ3) is 2.80. The minimum Gasteiger partial charge on any atom is -0.480 e. The van der Waals surface area contributed by atoms with Crippen LogP contribution in [0.4, 0.5) is 6.01 Å². The Morgan fingerprint density at radius 1 is 1.44 bits per heavy atom. The van der Waals surface area contributed by atoms with Crippen LogP contribution >= 0.6 is 0 Å². The molecule has 96 valence electrons. The van der Waals surface area contributed by atoms with Crippen LogP contribution in [0.1, 0.15) is 20.3 Å². The third-order valence-electron chi connectivity index (χ3n) is 2.60. The molecule has 18 heavy (non-hydrogen) atoms. The van der Waals surface area contributed by atoms with E-state index in [1.807, 2.05) is 32.0 Å². The van der Waals surface area contributed by atoms with Gasteiger partial charge in [0.15, 0.2) is 5.58 Å². The molecule has 0 aliphatic heterocycles. The molecule has 0 saturated carbocycles. The van der Waals surface area contributed by atoms with Crippen molar-refractivity contribution in [3.63, 3.8) is 0 Å². The van der Waals surface area contributed by atoms with Gasteiger partial charge in [-0.05, 0) is 24.5 Å². The number of carbonyl (C=O) groups is 1. The van der Waals surface area contributed by atoms with E-state index in [4.69, 9.17) is 9.52 Å². The second-order valence-electron chi connectivity index (χ2n) is 4.65. The summed E-state index contributed by atoms with van der Waals surface area (Å²) in [5.41, 5.74) is 1.36. The van der Waals surface area contributed by atoms with Crippen LogP contribution < -0.4 is 5.32 Å². The van der Waals surface area contributed by atoms with E-state index in [1.165, 1.54) is 0 Å². The number of hydrogen-bond acceptors (Lipinski definition) is 4. The summed E-state index contributed by atoms with van der Waals surface area (Å²) in [6.45, 7) is 3.95. The molecule has 0 aliphatic carbocycles. The summed E-state index contributed by atoms with van der Waals surface area (Å²) < 4.78 is 5.44. The lowest BCUT2D eigenvalue weighted by molar-refractivity contribution is -0.138. The standard InChI is InChI=1S/C13H16N2O3/c1-8(2)7-10(12(16)17)15-13-14-9-5-3-4-6-11(9)18-13/h3-6,8,10H,7H2,1-2H3,(H,14,15)(H,16,17). The molecule has 2 rings (SSSR count). The summed E-state index contributed by atoms with van der Waals surface area (Å²) in [6.07, 6.45) is 0.522. The number of carboxylic acids is 1. The Kier molecular flexibility index (Phi) is 3.50. The zero-order valence-electron chi connectivity index (χ0n) is 10.4. The zero-order valence-corrected chi connectivity index (χ0v) is 10.4. The maximum Gasteiger partial charge on any atom is 0.326 e. The number of para-hydroxylation sites is 2. The van der Waals surface area contributed by atoms with Gasteiger partial charge in [0.25, 0.3) is 6.01 Å². The van der Waals surface area contributed by atoms with E-state index in [1.54, 1.807) is 6.07 Å². The fraction of sp³-hybridized carbons (Fsp3) is 0.385. The highest BCUT2D eigenvalue weighted by Gasteiger charge is 2.20. The van der Waals surface area contributed by atoms with E-state index >= 15 is 0 Å². The average Bonchev–Trinajstić information content (AvgIpc) is 2.69. The molecule has 2 N–H and O–H groups in total. The lowest BCUT2D eigenvalue weighted by Gasteiger charge is -2.14. The van der Waals surface area contributed by atoms with E-state index in [2.05, 4.69) is 10.3 Å².